The Balaban J connectivity index is 3.05. The number of rotatable bonds is 5. The molecule has 0 fully saturated rings. The van der Waals surface area contributed by atoms with Crippen LogP contribution in [0.15, 0.2) is 23.1 Å². The fraction of sp³-hybridized carbons (Fsp3) is 0.385. The summed E-state index contributed by atoms with van der Waals surface area (Å²) in [6, 6.07) is 3.56. The molecule has 0 aliphatic carbocycles. The summed E-state index contributed by atoms with van der Waals surface area (Å²) in [6.07, 6.45) is 1.88. The summed E-state index contributed by atoms with van der Waals surface area (Å²) in [5.74, 6) is 4.68. The lowest BCUT2D eigenvalue weighted by Gasteiger charge is -2.16. The molecule has 0 aliphatic heterocycles. The molecule has 1 aromatic carbocycles. The molecule has 0 aromatic heterocycles. The van der Waals surface area contributed by atoms with Gasteiger partial charge in [-0.1, -0.05) is 11.8 Å². The highest BCUT2D eigenvalue weighted by Gasteiger charge is 2.21. The summed E-state index contributed by atoms with van der Waals surface area (Å²) in [6.45, 7) is -0.0197. The molecular weight excluding hydrogens is 301 g/mol. The number of hydrogen-bond donors (Lipinski definition) is 1. The van der Waals surface area contributed by atoms with Crippen LogP contribution >= 0.6 is 11.8 Å². The zero-order chi connectivity index (χ0) is 15.2. The van der Waals surface area contributed by atoms with Gasteiger partial charge in [-0.15, -0.1) is 0 Å². The second-order valence-corrected chi connectivity index (χ2v) is 6.95. The van der Waals surface area contributed by atoms with E-state index in [1.807, 2.05) is 6.26 Å². The highest BCUT2D eigenvalue weighted by Crippen LogP contribution is 2.18. The fourth-order valence-electron chi connectivity index (χ4n) is 1.41. The molecule has 0 heterocycles. The fourth-order valence-corrected chi connectivity index (χ4v) is 3.17. The van der Waals surface area contributed by atoms with Gasteiger partial charge in [0.05, 0.1) is 10.5 Å². The van der Waals surface area contributed by atoms with Gasteiger partial charge in [0.1, 0.15) is 12.4 Å². The van der Waals surface area contributed by atoms with E-state index >= 15 is 0 Å². The van der Waals surface area contributed by atoms with Crippen molar-refractivity contribution in [2.45, 2.75) is 4.90 Å². The van der Waals surface area contributed by atoms with Gasteiger partial charge in [0.25, 0.3) is 0 Å². The van der Waals surface area contributed by atoms with Gasteiger partial charge < -0.3 is 5.11 Å². The molecule has 1 rings (SSSR count). The molecule has 0 aliphatic rings. The van der Waals surface area contributed by atoms with Crippen LogP contribution in [0.5, 0.6) is 0 Å². The van der Waals surface area contributed by atoms with Crippen molar-refractivity contribution in [2.24, 2.45) is 0 Å². The molecule has 7 heteroatoms. The second kappa shape index (κ2) is 7.64. The Morgan fingerprint density at radius 1 is 1.45 bits per heavy atom. The van der Waals surface area contributed by atoms with Crippen LogP contribution in [-0.2, 0) is 10.0 Å². The Morgan fingerprint density at radius 2 is 2.15 bits per heavy atom. The van der Waals surface area contributed by atoms with E-state index in [1.165, 1.54) is 35.2 Å². The third kappa shape index (κ3) is 4.21. The molecule has 1 aromatic rings. The number of sulfonamides is 1. The summed E-state index contributed by atoms with van der Waals surface area (Å²) in [4.78, 5) is -0.104. The first kappa shape index (κ1) is 17.0. The minimum Gasteiger partial charge on any atom is -0.384 e. The van der Waals surface area contributed by atoms with Gasteiger partial charge >= 0.3 is 0 Å². The van der Waals surface area contributed by atoms with Crippen LogP contribution in [0.1, 0.15) is 5.56 Å². The van der Waals surface area contributed by atoms with Gasteiger partial charge in [0.15, 0.2) is 0 Å². The third-order valence-corrected chi connectivity index (χ3v) is 5.00. The summed E-state index contributed by atoms with van der Waals surface area (Å²) >= 11 is 1.53. The average Bonchev–Trinajstić information content (AvgIpc) is 2.43. The first-order valence-electron chi connectivity index (χ1n) is 5.78. The van der Waals surface area contributed by atoms with E-state index in [0.717, 1.165) is 6.07 Å². The van der Waals surface area contributed by atoms with Crippen molar-refractivity contribution >= 4 is 21.8 Å². The highest BCUT2D eigenvalue weighted by molar-refractivity contribution is 7.98. The molecule has 0 saturated heterocycles. The number of nitrogens with zero attached hydrogens (tertiary/aromatic N) is 1. The quantitative estimate of drug-likeness (QED) is 0.828. The number of halogens is 1. The van der Waals surface area contributed by atoms with Gasteiger partial charge in [-0.3, -0.25) is 0 Å². The normalized spacial score (nSPS) is 11.2. The van der Waals surface area contributed by atoms with Gasteiger partial charge in [-0.05, 0) is 24.5 Å². The summed E-state index contributed by atoms with van der Waals surface area (Å²) in [5, 5.41) is 8.56. The predicted octanol–water partition coefficient (Wildman–Crippen LogP) is 1.15. The van der Waals surface area contributed by atoms with Gasteiger partial charge in [0.2, 0.25) is 10.0 Å². The van der Waals surface area contributed by atoms with E-state index in [0.29, 0.717) is 12.3 Å². The van der Waals surface area contributed by atoms with Crippen LogP contribution in [0.4, 0.5) is 4.39 Å². The van der Waals surface area contributed by atoms with Crippen LogP contribution in [0, 0.1) is 17.7 Å². The van der Waals surface area contributed by atoms with E-state index in [4.69, 9.17) is 5.11 Å². The monoisotopic (exact) mass is 317 g/mol. The Kier molecular flexibility index (Phi) is 6.49. The van der Waals surface area contributed by atoms with Crippen LogP contribution in [0.2, 0.25) is 0 Å². The molecule has 0 spiro atoms. The highest BCUT2D eigenvalue weighted by atomic mass is 32.2. The Morgan fingerprint density at radius 3 is 2.70 bits per heavy atom. The first-order chi connectivity index (χ1) is 9.43. The topological polar surface area (TPSA) is 57.6 Å². The molecular formula is C13H16FNO3S2. The van der Waals surface area contributed by atoms with Crippen molar-refractivity contribution in [1.29, 1.82) is 0 Å². The lowest BCUT2D eigenvalue weighted by molar-refractivity contribution is 0.350. The largest absolute Gasteiger partial charge is 0.384 e. The van der Waals surface area contributed by atoms with E-state index in [9.17, 15) is 12.8 Å². The first-order valence-corrected chi connectivity index (χ1v) is 8.61. The van der Waals surface area contributed by atoms with Gasteiger partial charge in [0, 0.05) is 19.3 Å². The maximum absolute atomic E-state index is 13.7. The third-order valence-electron chi connectivity index (χ3n) is 2.56. The molecule has 110 valence electrons. The predicted molar refractivity (Wildman–Crippen MR) is 78.6 cm³/mol. The lowest BCUT2D eigenvalue weighted by atomic mass is 10.2. The van der Waals surface area contributed by atoms with Crippen LogP contribution < -0.4 is 0 Å². The van der Waals surface area contributed by atoms with Crippen molar-refractivity contribution in [3.05, 3.63) is 29.6 Å². The van der Waals surface area contributed by atoms with E-state index in [-0.39, 0.29) is 17.1 Å². The number of benzene rings is 1. The molecule has 4 nitrogen and oxygen atoms in total. The van der Waals surface area contributed by atoms with E-state index in [1.54, 1.807) is 0 Å². The van der Waals surface area contributed by atoms with Gasteiger partial charge in [-0.2, -0.15) is 11.8 Å². The number of hydrogen-bond acceptors (Lipinski definition) is 4. The maximum atomic E-state index is 13.7. The Hall–Kier alpha value is -1.07. The second-order valence-electron chi connectivity index (χ2n) is 3.92. The van der Waals surface area contributed by atoms with E-state index in [2.05, 4.69) is 11.8 Å². The molecule has 0 bridgehead atoms. The molecule has 0 radical (unpaired) electrons. The van der Waals surface area contributed by atoms with Crippen molar-refractivity contribution in [3.8, 4) is 11.8 Å². The summed E-state index contributed by atoms with van der Waals surface area (Å²) in [5.41, 5.74) is 0.0600. The molecule has 0 amide bonds. The van der Waals surface area contributed by atoms with E-state index < -0.39 is 15.8 Å². The molecule has 0 saturated carbocycles. The summed E-state index contributed by atoms with van der Waals surface area (Å²) < 4.78 is 39.3. The Labute approximate surface area is 123 Å². The summed E-state index contributed by atoms with van der Waals surface area (Å²) in [7, 11) is -2.23. The van der Waals surface area contributed by atoms with Gasteiger partial charge in [-0.25, -0.2) is 17.1 Å². The molecule has 1 N–H and O–H groups in total. The van der Waals surface area contributed by atoms with Crippen molar-refractivity contribution in [3.63, 3.8) is 0 Å². The lowest BCUT2D eigenvalue weighted by Crippen LogP contribution is -2.29. The SMILES string of the molecule is CSCCN(C)S(=O)(=O)c1ccc(C#CCO)c(F)c1. The van der Waals surface area contributed by atoms with Crippen LogP contribution in [0.25, 0.3) is 0 Å². The molecule has 20 heavy (non-hydrogen) atoms. The van der Waals surface area contributed by atoms with Crippen LogP contribution in [0.3, 0.4) is 0 Å². The van der Waals surface area contributed by atoms with Crippen LogP contribution in [-0.4, -0.2) is 50.0 Å². The van der Waals surface area contributed by atoms with Crippen molar-refractivity contribution in [2.75, 3.05) is 32.2 Å². The maximum Gasteiger partial charge on any atom is 0.242 e. The average molecular weight is 317 g/mol. The zero-order valence-corrected chi connectivity index (χ0v) is 12.9. The van der Waals surface area contributed by atoms with Crippen molar-refractivity contribution < 1.29 is 17.9 Å². The Bertz CT molecular complexity index is 620. The minimum atomic E-state index is -3.69. The smallest absolute Gasteiger partial charge is 0.242 e. The number of aliphatic hydroxyl groups excluding tert-OH is 1. The minimum absolute atomic E-state index is 0.0600. The standard InChI is InChI=1S/C13H16FNO3S2/c1-15(7-9-19-2)20(17,18)12-6-5-11(4-3-8-16)13(14)10-12/h5-6,10,16H,7-9H2,1-2H3. The zero-order valence-electron chi connectivity index (χ0n) is 11.3. The number of aliphatic hydroxyl groups is 1. The van der Waals surface area contributed by atoms with Crippen molar-refractivity contribution in [1.82, 2.24) is 4.31 Å². The molecule has 0 atom stereocenters. The molecule has 0 unspecified atom stereocenters. The number of thioether (sulfide) groups is 1.